The maximum Gasteiger partial charge on any atom is 0.147 e. The van der Waals surface area contributed by atoms with E-state index in [1.165, 1.54) is 0 Å². The predicted octanol–water partition coefficient (Wildman–Crippen LogP) is 1.88. The van der Waals surface area contributed by atoms with Crippen molar-refractivity contribution in [3.63, 3.8) is 0 Å². The third kappa shape index (κ3) is 1.91. The second-order valence-electron chi connectivity index (χ2n) is 2.78. The van der Waals surface area contributed by atoms with Crippen molar-refractivity contribution in [2.75, 3.05) is 13.4 Å². The van der Waals surface area contributed by atoms with Crippen LogP contribution < -0.4 is 0 Å². The molecule has 0 aromatic carbocycles. The lowest BCUT2D eigenvalue weighted by Gasteiger charge is -2.22. The lowest BCUT2D eigenvalue weighted by Crippen LogP contribution is -2.29. The van der Waals surface area contributed by atoms with Gasteiger partial charge < -0.3 is 9.47 Å². The highest BCUT2D eigenvalue weighted by molar-refractivity contribution is 4.94. The zero-order chi connectivity index (χ0) is 8.16. The Morgan fingerprint density at radius 3 is 2.27 bits per heavy atom. The van der Waals surface area contributed by atoms with Crippen molar-refractivity contribution in [3.8, 4) is 0 Å². The van der Waals surface area contributed by atoms with Gasteiger partial charge in [0.2, 0.25) is 0 Å². The minimum atomic E-state index is -0.163. The Balaban J connectivity index is 2.53. The molecule has 0 saturated carbocycles. The maximum absolute atomic E-state index is 5.46. The van der Waals surface area contributed by atoms with Crippen LogP contribution in [0, 0.1) is 0 Å². The Bertz CT molecular complexity index is 134. The van der Waals surface area contributed by atoms with E-state index in [0.29, 0.717) is 13.4 Å². The molecule has 0 spiro atoms. The maximum atomic E-state index is 5.46. The minimum absolute atomic E-state index is 0.163. The first-order valence-electron chi connectivity index (χ1n) is 3.76. The van der Waals surface area contributed by atoms with Gasteiger partial charge in [0.15, 0.2) is 0 Å². The summed E-state index contributed by atoms with van der Waals surface area (Å²) in [4.78, 5) is 0. The highest BCUT2D eigenvalue weighted by Crippen LogP contribution is 2.26. The van der Waals surface area contributed by atoms with Crippen molar-refractivity contribution in [2.24, 2.45) is 0 Å². The first-order valence-corrected chi connectivity index (χ1v) is 3.76. The number of hydrogen-bond donors (Lipinski definition) is 0. The molecule has 1 aliphatic rings. The van der Waals surface area contributed by atoms with Crippen LogP contribution in [0.5, 0.6) is 0 Å². The smallest absolute Gasteiger partial charge is 0.147 e. The Morgan fingerprint density at radius 2 is 1.91 bits per heavy atom. The SMILES string of the molecule is C=CCC1(CC=C)COCO1. The third-order valence-electron chi connectivity index (χ3n) is 1.85. The summed E-state index contributed by atoms with van der Waals surface area (Å²) in [6, 6.07) is 0. The molecule has 0 unspecified atom stereocenters. The molecule has 0 N–H and O–H groups in total. The fraction of sp³-hybridized carbons (Fsp3) is 0.556. The standard InChI is InChI=1S/C9H14O2/c1-3-5-9(6-4-2)7-10-8-11-9/h3-4H,1-2,5-8H2. The highest BCUT2D eigenvalue weighted by atomic mass is 16.7. The van der Waals surface area contributed by atoms with Crippen molar-refractivity contribution in [2.45, 2.75) is 18.4 Å². The van der Waals surface area contributed by atoms with Gasteiger partial charge in [-0.15, -0.1) is 13.2 Å². The lowest BCUT2D eigenvalue weighted by molar-refractivity contribution is -0.00496. The van der Waals surface area contributed by atoms with Crippen molar-refractivity contribution >= 4 is 0 Å². The third-order valence-corrected chi connectivity index (χ3v) is 1.85. The van der Waals surface area contributed by atoms with Crippen molar-refractivity contribution < 1.29 is 9.47 Å². The Kier molecular flexibility index (Phi) is 2.85. The van der Waals surface area contributed by atoms with Gasteiger partial charge in [-0.2, -0.15) is 0 Å². The first kappa shape index (κ1) is 8.50. The number of rotatable bonds is 4. The summed E-state index contributed by atoms with van der Waals surface area (Å²) in [6.45, 7) is 8.43. The van der Waals surface area contributed by atoms with Crippen LogP contribution in [0.25, 0.3) is 0 Å². The second kappa shape index (κ2) is 3.69. The quantitative estimate of drug-likeness (QED) is 0.575. The summed E-state index contributed by atoms with van der Waals surface area (Å²) < 4.78 is 10.6. The van der Waals surface area contributed by atoms with Crippen LogP contribution in [-0.2, 0) is 9.47 Å². The summed E-state index contributed by atoms with van der Waals surface area (Å²) in [6.07, 6.45) is 5.38. The summed E-state index contributed by atoms with van der Waals surface area (Å²) in [7, 11) is 0. The van der Waals surface area contributed by atoms with Crippen molar-refractivity contribution in [3.05, 3.63) is 25.3 Å². The van der Waals surface area contributed by atoms with E-state index in [4.69, 9.17) is 9.47 Å². The minimum Gasteiger partial charge on any atom is -0.352 e. The molecule has 0 aliphatic carbocycles. The summed E-state index contributed by atoms with van der Waals surface area (Å²) in [5, 5.41) is 0. The van der Waals surface area contributed by atoms with Crippen molar-refractivity contribution in [1.82, 2.24) is 0 Å². The van der Waals surface area contributed by atoms with Gasteiger partial charge >= 0.3 is 0 Å². The van der Waals surface area contributed by atoms with Gasteiger partial charge in [-0.3, -0.25) is 0 Å². The van der Waals surface area contributed by atoms with E-state index in [0.717, 1.165) is 12.8 Å². The van der Waals surface area contributed by atoms with E-state index in [1.807, 2.05) is 12.2 Å². The van der Waals surface area contributed by atoms with E-state index < -0.39 is 0 Å². The Labute approximate surface area is 67.5 Å². The van der Waals surface area contributed by atoms with E-state index in [9.17, 15) is 0 Å². The molecule has 1 fully saturated rings. The van der Waals surface area contributed by atoms with Crippen LogP contribution in [0.3, 0.4) is 0 Å². The van der Waals surface area contributed by atoms with Crippen LogP contribution in [0.1, 0.15) is 12.8 Å². The molecule has 0 aromatic rings. The molecule has 2 heteroatoms. The highest BCUT2D eigenvalue weighted by Gasteiger charge is 2.33. The zero-order valence-corrected chi connectivity index (χ0v) is 6.71. The molecule has 0 amide bonds. The molecule has 62 valence electrons. The molecule has 0 aromatic heterocycles. The molecule has 1 rings (SSSR count). The molecule has 2 nitrogen and oxygen atoms in total. The van der Waals surface area contributed by atoms with Crippen LogP contribution in [-0.4, -0.2) is 19.0 Å². The molecule has 11 heavy (non-hydrogen) atoms. The van der Waals surface area contributed by atoms with Crippen molar-refractivity contribution in [1.29, 1.82) is 0 Å². The molecule has 1 heterocycles. The molecule has 0 bridgehead atoms. The van der Waals surface area contributed by atoms with E-state index in [1.54, 1.807) is 0 Å². The molecular weight excluding hydrogens is 140 g/mol. The van der Waals surface area contributed by atoms with Crippen LogP contribution in [0.2, 0.25) is 0 Å². The van der Waals surface area contributed by atoms with Gasteiger partial charge in [-0.1, -0.05) is 12.2 Å². The average molecular weight is 154 g/mol. The number of hydrogen-bond acceptors (Lipinski definition) is 2. The predicted molar refractivity (Wildman–Crippen MR) is 44.3 cm³/mol. The summed E-state index contributed by atoms with van der Waals surface area (Å²) >= 11 is 0. The fourth-order valence-corrected chi connectivity index (χ4v) is 1.28. The van der Waals surface area contributed by atoms with E-state index in [-0.39, 0.29) is 5.60 Å². The lowest BCUT2D eigenvalue weighted by atomic mass is 9.97. The van der Waals surface area contributed by atoms with Gasteiger partial charge in [0, 0.05) is 0 Å². The molecule has 1 saturated heterocycles. The zero-order valence-electron chi connectivity index (χ0n) is 6.71. The average Bonchev–Trinajstić information content (AvgIpc) is 2.39. The first-order chi connectivity index (χ1) is 5.33. The second-order valence-corrected chi connectivity index (χ2v) is 2.78. The van der Waals surface area contributed by atoms with Crippen LogP contribution >= 0.6 is 0 Å². The van der Waals surface area contributed by atoms with Gasteiger partial charge in [-0.05, 0) is 12.8 Å². The van der Waals surface area contributed by atoms with E-state index in [2.05, 4.69) is 13.2 Å². The van der Waals surface area contributed by atoms with Crippen LogP contribution in [0.4, 0.5) is 0 Å². The Morgan fingerprint density at radius 1 is 1.27 bits per heavy atom. The van der Waals surface area contributed by atoms with Crippen LogP contribution in [0.15, 0.2) is 25.3 Å². The molecule has 0 atom stereocenters. The molecule has 0 radical (unpaired) electrons. The van der Waals surface area contributed by atoms with E-state index >= 15 is 0 Å². The normalized spacial score (nSPS) is 21.5. The fourth-order valence-electron chi connectivity index (χ4n) is 1.28. The molecular formula is C9H14O2. The number of ether oxygens (including phenoxy) is 2. The van der Waals surface area contributed by atoms with Gasteiger partial charge in [-0.25, -0.2) is 0 Å². The molecule has 1 aliphatic heterocycles. The summed E-state index contributed by atoms with van der Waals surface area (Å²) in [5.74, 6) is 0. The van der Waals surface area contributed by atoms with Gasteiger partial charge in [0.25, 0.3) is 0 Å². The topological polar surface area (TPSA) is 18.5 Å². The Hall–Kier alpha value is -0.600. The van der Waals surface area contributed by atoms with Gasteiger partial charge in [0.1, 0.15) is 12.4 Å². The monoisotopic (exact) mass is 154 g/mol. The summed E-state index contributed by atoms with van der Waals surface area (Å²) in [5.41, 5.74) is -0.163. The largest absolute Gasteiger partial charge is 0.352 e. The van der Waals surface area contributed by atoms with Gasteiger partial charge in [0.05, 0.1) is 6.61 Å².